The van der Waals surface area contributed by atoms with E-state index in [2.05, 4.69) is 20.6 Å². The molecule has 0 atom stereocenters. The Bertz CT molecular complexity index is 1480. The van der Waals surface area contributed by atoms with E-state index in [1.54, 1.807) is 36.0 Å². The molecule has 1 saturated carbocycles. The van der Waals surface area contributed by atoms with Crippen LogP contribution < -0.4 is 10.6 Å². The fourth-order valence-electron chi connectivity index (χ4n) is 5.28. The lowest BCUT2D eigenvalue weighted by atomic mass is 9.84. The molecule has 40 heavy (non-hydrogen) atoms. The van der Waals surface area contributed by atoms with Gasteiger partial charge in [-0.05, 0) is 49.9 Å². The first-order chi connectivity index (χ1) is 19.5. The summed E-state index contributed by atoms with van der Waals surface area (Å²) in [7, 11) is 0. The number of thioether (sulfide) groups is 1. The number of hydrogen-bond acceptors (Lipinski definition) is 9. The molecule has 0 unspecified atom stereocenters. The van der Waals surface area contributed by atoms with Gasteiger partial charge in [0.25, 0.3) is 5.91 Å². The van der Waals surface area contributed by atoms with Crippen LogP contribution in [-0.2, 0) is 14.3 Å². The highest BCUT2D eigenvalue weighted by molar-refractivity contribution is 8.14. The number of aromatic nitrogens is 2. The zero-order valence-corrected chi connectivity index (χ0v) is 23.1. The fraction of sp³-hybridized carbons (Fsp3) is 0.407. The average molecular weight is 583 g/mol. The first-order valence-electron chi connectivity index (χ1n) is 13.2. The van der Waals surface area contributed by atoms with Gasteiger partial charge in [0.05, 0.1) is 17.3 Å². The van der Waals surface area contributed by atoms with E-state index < -0.39 is 5.91 Å². The van der Waals surface area contributed by atoms with Crippen molar-refractivity contribution in [2.75, 3.05) is 42.7 Å². The second-order valence-corrected chi connectivity index (χ2v) is 11.4. The predicted molar refractivity (Wildman–Crippen MR) is 152 cm³/mol. The number of amides is 3. The van der Waals surface area contributed by atoms with Crippen molar-refractivity contribution in [1.82, 2.24) is 14.9 Å². The van der Waals surface area contributed by atoms with Crippen LogP contribution in [0.15, 0.2) is 39.9 Å². The second kappa shape index (κ2) is 11.6. The lowest BCUT2D eigenvalue weighted by Crippen LogP contribution is -2.49. The number of morpholine rings is 1. The molecule has 1 saturated heterocycles. The molecule has 2 N–H and O–H groups in total. The van der Waals surface area contributed by atoms with Gasteiger partial charge in [0.2, 0.25) is 17.6 Å². The van der Waals surface area contributed by atoms with Crippen molar-refractivity contribution in [2.45, 2.75) is 31.7 Å². The number of nitrogens with one attached hydrogen (secondary N) is 2. The smallest absolute Gasteiger partial charge is 0.294 e. The minimum Gasteiger partial charge on any atom is -0.447 e. The van der Waals surface area contributed by atoms with E-state index in [1.807, 2.05) is 4.90 Å². The van der Waals surface area contributed by atoms with E-state index in [0.29, 0.717) is 47.8 Å². The van der Waals surface area contributed by atoms with Crippen molar-refractivity contribution in [2.24, 2.45) is 10.9 Å². The number of fused-ring (bicyclic) bond motifs is 1. The summed E-state index contributed by atoms with van der Waals surface area (Å²) in [6, 6.07) is 6.82. The zero-order chi connectivity index (χ0) is 27.6. The first kappa shape index (κ1) is 26.7. The number of carbonyl (C=O) groups excluding carboxylic acids is 3. The Kier molecular flexibility index (Phi) is 7.72. The average Bonchev–Trinajstić information content (AvgIpc) is 3.63. The molecular weight excluding hydrogens is 556 g/mol. The summed E-state index contributed by atoms with van der Waals surface area (Å²) < 4.78 is 11.2. The molecule has 0 aromatic carbocycles. The molecule has 0 spiro atoms. The molecular formula is C27H27ClN6O5S. The van der Waals surface area contributed by atoms with Crippen LogP contribution in [0.2, 0.25) is 5.02 Å². The topological polar surface area (TPSA) is 139 Å². The van der Waals surface area contributed by atoms with Crippen LogP contribution >= 0.6 is 23.4 Å². The molecule has 5 heterocycles. The standard InChI is InChI=1S/C27H27ClN6O5S/c28-16-3-8-20(30-13-16)32-26(37)24-23(22-19(39-24)7-6-18(31-22)27-29-9-12-40-27)33-25(36)15-1-4-17(5-2-15)34-10-11-38-14-21(34)35/h3,6-8,13,15,17H,1-2,4-5,9-12,14H2,(H,33,36)(H,30,32,37)/t15-,17-. The van der Waals surface area contributed by atoms with Crippen LogP contribution in [-0.4, -0.2) is 75.7 Å². The van der Waals surface area contributed by atoms with Crippen molar-refractivity contribution in [1.29, 1.82) is 0 Å². The number of ether oxygens (including phenoxy) is 1. The van der Waals surface area contributed by atoms with Crippen molar-refractivity contribution < 1.29 is 23.5 Å². The fourth-order valence-corrected chi connectivity index (χ4v) is 6.21. The Labute approximate surface area is 239 Å². The number of furan rings is 1. The summed E-state index contributed by atoms with van der Waals surface area (Å²) in [6.45, 7) is 1.95. The molecule has 2 aliphatic heterocycles. The SMILES string of the molecule is O=C(Nc1ccc(Cl)cn1)c1oc2ccc(C3=NCCS3)nc2c1NC(=O)[C@H]1CC[C@H](N2CCOCC2=O)CC1. The van der Waals surface area contributed by atoms with Gasteiger partial charge >= 0.3 is 0 Å². The van der Waals surface area contributed by atoms with Crippen molar-refractivity contribution in [3.8, 4) is 0 Å². The van der Waals surface area contributed by atoms with Crippen LogP contribution in [0.3, 0.4) is 0 Å². The third kappa shape index (κ3) is 5.56. The van der Waals surface area contributed by atoms with Gasteiger partial charge in [0.15, 0.2) is 5.58 Å². The van der Waals surface area contributed by atoms with Gasteiger partial charge in [-0.3, -0.25) is 19.4 Å². The Balaban J connectivity index is 1.24. The van der Waals surface area contributed by atoms with E-state index in [0.717, 1.165) is 30.2 Å². The largest absolute Gasteiger partial charge is 0.447 e. The van der Waals surface area contributed by atoms with E-state index in [1.165, 1.54) is 6.20 Å². The molecule has 3 aromatic heterocycles. The molecule has 0 radical (unpaired) electrons. The number of carbonyl (C=O) groups is 3. The van der Waals surface area contributed by atoms with E-state index >= 15 is 0 Å². The van der Waals surface area contributed by atoms with Crippen molar-refractivity contribution in [3.63, 3.8) is 0 Å². The highest BCUT2D eigenvalue weighted by atomic mass is 35.5. The summed E-state index contributed by atoms with van der Waals surface area (Å²) in [4.78, 5) is 54.3. The van der Waals surface area contributed by atoms with Gasteiger partial charge in [0, 0.05) is 37.0 Å². The Hall–Kier alpha value is -3.48. The molecule has 3 aromatic rings. The van der Waals surface area contributed by atoms with Crippen LogP contribution in [0.1, 0.15) is 41.9 Å². The minimum absolute atomic E-state index is 0.00163. The molecule has 3 aliphatic rings. The van der Waals surface area contributed by atoms with Gasteiger partial charge in [-0.15, -0.1) is 11.8 Å². The maximum atomic E-state index is 13.5. The van der Waals surface area contributed by atoms with Crippen molar-refractivity contribution >= 4 is 68.7 Å². The molecule has 11 nitrogen and oxygen atoms in total. The molecule has 13 heteroatoms. The molecule has 6 rings (SSSR count). The number of halogens is 1. The first-order valence-corrected chi connectivity index (χ1v) is 14.5. The molecule has 3 amide bonds. The maximum absolute atomic E-state index is 13.5. The minimum atomic E-state index is -0.577. The normalized spacial score (nSPS) is 21.4. The summed E-state index contributed by atoms with van der Waals surface area (Å²) in [5.41, 5.74) is 1.62. The number of nitrogens with zero attached hydrogens (tertiary/aromatic N) is 4. The third-order valence-corrected chi connectivity index (χ3v) is 8.51. The van der Waals surface area contributed by atoms with Gasteiger partial charge in [-0.1, -0.05) is 11.6 Å². The summed E-state index contributed by atoms with van der Waals surface area (Å²) in [5.74, 6) is 0.0299. The molecule has 1 aliphatic carbocycles. The van der Waals surface area contributed by atoms with Crippen LogP contribution in [0.4, 0.5) is 11.5 Å². The van der Waals surface area contributed by atoms with Gasteiger partial charge < -0.3 is 24.7 Å². The molecule has 208 valence electrons. The number of anilines is 2. The third-order valence-electron chi connectivity index (χ3n) is 7.29. The van der Waals surface area contributed by atoms with Gasteiger partial charge in [0.1, 0.15) is 28.7 Å². The predicted octanol–water partition coefficient (Wildman–Crippen LogP) is 3.98. The Morgan fingerprint density at radius 1 is 1.10 bits per heavy atom. The van der Waals surface area contributed by atoms with Crippen LogP contribution in [0.5, 0.6) is 0 Å². The molecule has 0 bridgehead atoms. The highest BCUT2D eigenvalue weighted by Gasteiger charge is 2.34. The monoisotopic (exact) mass is 582 g/mol. The van der Waals surface area contributed by atoms with Crippen molar-refractivity contribution in [3.05, 3.63) is 46.9 Å². The van der Waals surface area contributed by atoms with Crippen LogP contribution in [0, 0.1) is 5.92 Å². The quantitative estimate of drug-likeness (QED) is 0.445. The van der Waals surface area contributed by atoms with Crippen LogP contribution in [0.25, 0.3) is 11.1 Å². The highest BCUT2D eigenvalue weighted by Crippen LogP contribution is 2.34. The number of rotatable bonds is 6. The lowest BCUT2D eigenvalue weighted by molar-refractivity contribution is -0.146. The summed E-state index contributed by atoms with van der Waals surface area (Å²) >= 11 is 7.53. The summed E-state index contributed by atoms with van der Waals surface area (Å²) in [6.07, 6.45) is 4.13. The Morgan fingerprint density at radius 3 is 2.67 bits per heavy atom. The lowest BCUT2D eigenvalue weighted by Gasteiger charge is -2.38. The van der Waals surface area contributed by atoms with E-state index in [4.69, 9.17) is 25.7 Å². The number of aliphatic imine (C=N–C) groups is 1. The second-order valence-electron chi connectivity index (χ2n) is 9.83. The van der Waals surface area contributed by atoms with E-state index in [-0.39, 0.29) is 47.6 Å². The maximum Gasteiger partial charge on any atom is 0.294 e. The Morgan fingerprint density at radius 2 is 1.95 bits per heavy atom. The van der Waals surface area contributed by atoms with Gasteiger partial charge in [-0.25, -0.2) is 9.97 Å². The van der Waals surface area contributed by atoms with Gasteiger partial charge in [-0.2, -0.15) is 0 Å². The number of hydrogen-bond donors (Lipinski definition) is 2. The number of pyridine rings is 2. The van der Waals surface area contributed by atoms with E-state index in [9.17, 15) is 14.4 Å². The molecule has 2 fully saturated rings. The zero-order valence-electron chi connectivity index (χ0n) is 21.5. The summed E-state index contributed by atoms with van der Waals surface area (Å²) in [5, 5.41) is 6.90.